The molecule has 1 saturated heterocycles. The molecule has 0 aromatic carbocycles. The fraction of sp³-hybridized carbons (Fsp3) is 0.828. The second-order valence-corrected chi connectivity index (χ2v) is 10.5. The van der Waals surface area contributed by atoms with Crippen molar-refractivity contribution >= 4 is 29.7 Å². The molecule has 1 aliphatic heterocycles. The van der Waals surface area contributed by atoms with Gasteiger partial charge in [0.1, 0.15) is 0 Å². The van der Waals surface area contributed by atoms with Crippen LogP contribution in [0.5, 0.6) is 0 Å². The number of rotatable bonds is 18. The molecule has 0 radical (unpaired) electrons. The maximum Gasteiger partial charge on any atom is 0.317 e. The molecule has 1 rings (SSSR count). The first-order chi connectivity index (χ1) is 20.6. The van der Waals surface area contributed by atoms with Crippen LogP contribution >= 0.6 is 0 Å². The number of carboxylic acids is 3. The highest BCUT2D eigenvalue weighted by Crippen LogP contribution is 2.03. The molecule has 14 heteroatoms. The Kier molecular flexibility index (Phi) is 24.0. The number of carbonyl (C=O) groups excluding carboxylic acids is 2. The van der Waals surface area contributed by atoms with Gasteiger partial charge in [0.25, 0.3) is 0 Å². The first kappa shape index (κ1) is 40.2. The first-order valence-corrected chi connectivity index (χ1v) is 15.7. The van der Waals surface area contributed by atoms with Crippen LogP contribution in [0.15, 0.2) is 0 Å². The fourth-order valence-electron chi connectivity index (χ4n) is 4.55. The summed E-state index contributed by atoms with van der Waals surface area (Å²) in [5.74, 6) is -3.11. The van der Waals surface area contributed by atoms with Gasteiger partial charge in [-0.3, -0.25) is 43.6 Å². The van der Waals surface area contributed by atoms with Crippen molar-refractivity contribution in [3.05, 3.63) is 0 Å². The number of nitrogens with one attached hydrogen (secondary N) is 2. The highest BCUT2D eigenvalue weighted by Gasteiger charge is 2.21. The van der Waals surface area contributed by atoms with Gasteiger partial charge in [0.15, 0.2) is 0 Å². The smallest absolute Gasteiger partial charge is 0.317 e. The third-order valence-corrected chi connectivity index (χ3v) is 6.88. The zero-order valence-electron chi connectivity index (χ0n) is 26.5. The summed E-state index contributed by atoms with van der Waals surface area (Å²) < 4.78 is 0. The maximum absolute atomic E-state index is 12.7. The lowest BCUT2D eigenvalue weighted by Gasteiger charge is -2.32. The van der Waals surface area contributed by atoms with Crippen molar-refractivity contribution in [1.29, 1.82) is 0 Å². The van der Waals surface area contributed by atoms with Gasteiger partial charge in [-0.1, -0.05) is 40.0 Å². The van der Waals surface area contributed by atoms with Crippen molar-refractivity contribution in [1.82, 2.24) is 30.2 Å². The van der Waals surface area contributed by atoms with Crippen molar-refractivity contribution < 1.29 is 39.3 Å². The van der Waals surface area contributed by atoms with E-state index in [1.54, 1.807) is 14.7 Å². The molecule has 0 atom stereocenters. The second kappa shape index (κ2) is 25.7. The Bertz CT molecular complexity index is 784. The number of aliphatic carboxylic acids is 3. The van der Waals surface area contributed by atoms with E-state index in [9.17, 15) is 39.3 Å². The summed E-state index contributed by atoms with van der Waals surface area (Å²) in [6, 6.07) is 0. The van der Waals surface area contributed by atoms with E-state index < -0.39 is 17.9 Å². The van der Waals surface area contributed by atoms with Crippen LogP contribution in [0.2, 0.25) is 0 Å². The van der Waals surface area contributed by atoms with Crippen LogP contribution in [-0.4, -0.2) is 156 Å². The molecule has 0 bridgehead atoms. The summed E-state index contributed by atoms with van der Waals surface area (Å²) in [5, 5.41) is 33.7. The molecule has 0 aliphatic carbocycles. The monoisotopic (exact) mass is 616 g/mol. The van der Waals surface area contributed by atoms with E-state index in [-0.39, 0.29) is 38.0 Å². The topological polar surface area (TPSA) is 183 Å². The summed E-state index contributed by atoms with van der Waals surface area (Å²) in [4.78, 5) is 65.6. The van der Waals surface area contributed by atoms with E-state index in [0.29, 0.717) is 71.9 Å². The van der Waals surface area contributed by atoms with Gasteiger partial charge in [-0.15, -0.1) is 0 Å². The molecule has 1 fully saturated rings. The van der Waals surface area contributed by atoms with Gasteiger partial charge in [0.2, 0.25) is 11.8 Å². The van der Waals surface area contributed by atoms with Crippen molar-refractivity contribution in [2.24, 2.45) is 0 Å². The van der Waals surface area contributed by atoms with E-state index in [0.717, 1.165) is 38.5 Å². The van der Waals surface area contributed by atoms with E-state index in [2.05, 4.69) is 17.6 Å². The van der Waals surface area contributed by atoms with E-state index in [1.165, 1.54) is 0 Å². The molecule has 43 heavy (non-hydrogen) atoms. The van der Waals surface area contributed by atoms with Crippen LogP contribution in [0.1, 0.15) is 65.7 Å². The molecule has 0 aromatic rings. The second-order valence-electron chi connectivity index (χ2n) is 10.5. The normalized spacial score (nSPS) is 16.2. The van der Waals surface area contributed by atoms with Crippen LogP contribution in [0.3, 0.4) is 0 Å². The molecule has 0 unspecified atom stereocenters. The molecular weight excluding hydrogens is 560 g/mol. The Hall–Kier alpha value is -2.81. The van der Waals surface area contributed by atoms with E-state index in [4.69, 9.17) is 0 Å². The Morgan fingerprint density at radius 2 is 0.860 bits per heavy atom. The van der Waals surface area contributed by atoms with Crippen molar-refractivity contribution in [3.63, 3.8) is 0 Å². The molecule has 0 spiro atoms. The highest BCUT2D eigenvalue weighted by molar-refractivity contribution is 5.78. The van der Waals surface area contributed by atoms with Gasteiger partial charge in [-0.05, 0) is 19.3 Å². The molecular formula is C29H56N6O8. The maximum atomic E-state index is 12.7. The largest absolute Gasteiger partial charge is 0.480 e. The average molecular weight is 617 g/mol. The van der Waals surface area contributed by atoms with Gasteiger partial charge in [-0.25, -0.2) is 0 Å². The first-order valence-electron chi connectivity index (χ1n) is 15.7. The van der Waals surface area contributed by atoms with Crippen LogP contribution in [0.25, 0.3) is 0 Å². The van der Waals surface area contributed by atoms with Gasteiger partial charge < -0.3 is 26.0 Å². The predicted octanol–water partition coefficient (Wildman–Crippen LogP) is 0.471. The number of carboxylic acid groups (broad SMARTS) is 3. The number of hydrogen-bond acceptors (Lipinski definition) is 9. The Morgan fingerprint density at radius 1 is 0.512 bits per heavy atom. The van der Waals surface area contributed by atoms with Crippen molar-refractivity contribution in [2.45, 2.75) is 65.7 Å². The van der Waals surface area contributed by atoms with Gasteiger partial charge in [0, 0.05) is 71.9 Å². The molecule has 5 N–H and O–H groups in total. The van der Waals surface area contributed by atoms with Gasteiger partial charge >= 0.3 is 17.9 Å². The van der Waals surface area contributed by atoms with E-state index >= 15 is 0 Å². The van der Waals surface area contributed by atoms with Crippen LogP contribution in [0, 0.1) is 0 Å². The zero-order chi connectivity index (χ0) is 32.5. The minimum atomic E-state index is -1.01. The molecule has 2 amide bonds. The van der Waals surface area contributed by atoms with Crippen LogP contribution in [0.4, 0.5) is 0 Å². The van der Waals surface area contributed by atoms with Crippen molar-refractivity contribution in [3.8, 4) is 0 Å². The third kappa shape index (κ3) is 23.3. The average Bonchev–Trinajstić information content (AvgIpc) is 2.94. The quantitative estimate of drug-likeness (QED) is 0.134. The summed E-state index contributed by atoms with van der Waals surface area (Å²) >= 11 is 0. The summed E-state index contributed by atoms with van der Waals surface area (Å²) in [6.07, 6.45) is 6.00. The molecule has 0 saturated carbocycles. The summed E-state index contributed by atoms with van der Waals surface area (Å²) in [7, 11) is 0. The minimum Gasteiger partial charge on any atom is -0.480 e. The van der Waals surface area contributed by atoms with Crippen LogP contribution in [-0.2, 0) is 24.0 Å². The highest BCUT2D eigenvalue weighted by atomic mass is 16.4. The van der Waals surface area contributed by atoms with E-state index in [1.807, 2.05) is 18.7 Å². The Balaban J connectivity index is 0.00000862. The molecule has 0 aromatic heterocycles. The zero-order valence-corrected chi connectivity index (χ0v) is 26.5. The molecule has 1 aliphatic rings. The summed E-state index contributed by atoms with van der Waals surface area (Å²) in [5.41, 5.74) is 0. The lowest BCUT2D eigenvalue weighted by molar-refractivity contribution is -0.140. The number of amides is 2. The number of hydrogen-bond donors (Lipinski definition) is 5. The Labute approximate surface area is 256 Å². The van der Waals surface area contributed by atoms with Gasteiger partial charge in [0.05, 0.1) is 26.2 Å². The van der Waals surface area contributed by atoms with Crippen molar-refractivity contribution in [2.75, 3.05) is 91.6 Å². The number of nitrogens with zero attached hydrogens (tertiary/aromatic N) is 4. The predicted molar refractivity (Wildman–Crippen MR) is 164 cm³/mol. The SMILES string of the molecule is CC.CCCCCNC(=O)CCCCCNC(=O)CN1CCN(CC(=O)O)CCN(CC(=O)O)CCN(CC(=O)O)CC1. The molecule has 14 nitrogen and oxygen atoms in total. The minimum absolute atomic E-state index is 0.0592. The van der Waals surface area contributed by atoms with Crippen LogP contribution < -0.4 is 10.6 Å². The summed E-state index contributed by atoms with van der Waals surface area (Å²) in [6.45, 7) is 9.59. The Morgan fingerprint density at radius 3 is 1.23 bits per heavy atom. The standard InChI is InChI=1S/C27H50N6O8.C2H6/c1-2-3-6-9-28-23(34)8-5-4-7-10-29-24(35)19-30-11-13-31(20-25(36)37)15-17-33(22-27(40)41)18-16-32(14-12-30)21-26(38)39;1-2/h2-22H2,1H3,(H,28,34)(H,29,35)(H,36,37)(H,38,39)(H,40,41);1-2H3. The molecule has 250 valence electrons. The fourth-order valence-corrected chi connectivity index (χ4v) is 4.55. The number of carbonyl (C=O) groups is 5. The molecule has 1 heterocycles. The lowest BCUT2D eigenvalue weighted by Crippen LogP contribution is -2.49. The third-order valence-electron chi connectivity index (χ3n) is 6.88. The van der Waals surface area contributed by atoms with Gasteiger partial charge in [-0.2, -0.15) is 0 Å². The lowest BCUT2D eigenvalue weighted by atomic mass is 10.2. The number of unbranched alkanes of at least 4 members (excludes halogenated alkanes) is 4.